The van der Waals surface area contributed by atoms with E-state index in [1.54, 1.807) is 0 Å². The van der Waals surface area contributed by atoms with Gasteiger partial charge in [-0.3, -0.25) is 4.90 Å². The van der Waals surface area contributed by atoms with Gasteiger partial charge >= 0.3 is 0 Å². The molecule has 1 atom stereocenters. The van der Waals surface area contributed by atoms with Crippen LogP contribution in [0.3, 0.4) is 0 Å². The molecule has 1 heterocycles. The number of anilines is 1. The minimum absolute atomic E-state index is 0.599. The molecule has 0 aromatic carbocycles. The molecule has 5 heteroatoms. The van der Waals surface area contributed by atoms with Crippen molar-refractivity contribution in [3.05, 3.63) is 5.69 Å². The Balaban J connectivity index is 2.53. The van der Waals surface area contributed by atoms with Crippen molar-refractivity contribution in [1.82, 2.24) is 14.5 Å². The lowest BCUT2D eigenvalue weighted by Crippen LogP contribution is -2.28. The van der Waals surface area contributed by atoms with Crippen LogP contribution in [0, 0.1) is 0 Å². The molecule has 1 aromatic rings. The molecule has 0 saturated heterocycles. The van der Waals surface area contributed by atoms with E-state index in [1.165, 1.54) is 24.4 Å². The van der Waals surface area contributed by atoms with Crippen molar-refractivity contribution in [2.45, 2.75) is 39.3 Å². The zero-order valence-corrected chi connectivity index (χ0v) is 10.8. The van der Waals surface area contributed by atoms with E-state index in [2.05, 4.69) is 40.7 Å². The van der Waals surface area contributed by atoms with Gasteiger partial charge in [-0.25, -0.2) is 0 Å². The molecule has 0 fully saturated rings. The number of nitrogens with one attached hydrogen (secondary N) is 1. The first-order valence-electron chi connectivity index (χ1n) is 5.38. The molecular formula is C10H20N4S. The third-order valence-electron chi connectivity index (χ3n) is 2.64. The molecule has 0 radical (unpaired) electrons. The number of nitrogens with zero attached hydrogens (tertiary/aromatic N) is 3. The van der Waals surface area contributed by atoms with Crippen molar-refractivity contribution in [2.24, 2.45) is 0 Å². The maximum absolute atomic E-state index is 4.13. The summed E-state index contributed by atoms with van der Waals surface area (Å²) in [5.74, 6) is 0. The Kier molecular flexibility index (Phi) is 4.98. The van der Waals surface area contributed by atoms with E-state index >= 15 is 0 Å². The van der Waals surface area contributed by atoms with Crippen LogP contribution in [-0.2, 0) is 6.54 Å². The quantitative estimate of drug-likeness (QED) is 0.810. The van der Waals surface area contributed by atoms with Crippen molar-refractivity contribution < 1.29 is 0 Å². The largest absolute Gasteiger partial charge is 0.377 e. The lowest BCUT2D eigenvalue weighted by Gasteiger charge is -2.23. The lowest BCUT2D eigenvalue weighted by atomic mass is 10.2. The number of rotatable bonds is 6. The van der Waals surface area contributed by atoms with E-state index in [0.29, 0.717) is 6.04 Å². The van der Waals surface area contributed by atoms with E-state index in [9.17, 15) is 0 Å². The summed E-state index contributed by atoms with van der Waals surface area (Å²) in [6.07, 6.45) is 2.45. The highest BCUT2D eigenvalue weighted by Crippen LogP contribution is 2.19. The Hall–Kier alpha value is -0.680. The van der Waals surface area contributed by atoms with Crippen LogP contribution in [0.4, 0.5) is 5.00 Å². The number of hydrogen-bond donors (Lipinski definition) is 1. The number of hydrogen-bond acceptors (Lipinski definition) is 5. The average molecular weight is 228 g/mol. The summed E-state index contributed by atoms with van der Waals surface area (Å²) in [7, 11) is 4.05. The van der Waals surface area contributed by atoms with E-state index in [0.717, 1.165) is 17.2 Å². The molecule has 0 saturated carbocycles. The fraction of sp³-hybridized carbons (Fsp3) is 0.800. The predicted octanol–water partition coefficient (Wildman–Crippen LogP) is 2.20. The second kappa shape index (κ2) is 6.02. The Morgan fingerprint density at radius 3 is 2.87 bits per heavy atom. The van der Waals surface area contributed by atoms with E-state index in [-0.39, 0.29) is 0 Å². The third kappa shape index (κ3) is 3.43. The maximum Gasteiger partial charge on any atom is 0.134 e. The minimum Gasteiger partial charge on any atom is -0.377 e. The summed E-state index contributed by atoms with van der Waals surface area (Å²) in [6.45, 7) is 5.34. The molecule has 0 aliphatic rings. The molecule has 0 aliphatic heterocycles. The van der Waals surface area contributed by atoms with E-state index < -0.39 is 0 Å². The van der Waals surface area contributed by atoms with Gasteiger partial charge < -0.3 is 5.32 Å². The molecular weight excluding hydrogens is 208 g/mol. The van der Waals surface area contributed by atoms with Gasteiger partial charge in [0.25, 0.3) is 0 Å². The SMILES string of the molecule is CCCC(C)N(C)Cc1nnsc1NC. The second-order valence-corrected chi connectivity index (χ2v) is 4.61. The smallest absolute Gasteiger partial charge is 0.134 e. The molecule has 1 rings (SSSR count). The Morgan fingerprint density at radius 2 is 2.27 bits per heavy atom. The number of aromatic nitrogens is 2. The van der Waals surface area contributed by atoms with E-state index in [1.807, 2.05) is 7.05 Å². The van der Waals surface area contributed by atoms with Gasteiger partial charge in [0.1, 0.15) is 10.7 Å². The van der Waals surface area contributed by atoms with Gasteiger partial charge in [-0.05, 0) is 20.4 Å². The van der Waals surface area contributed by atoms with Crippen LogP contribution in [0.15, 0.2) is 0 Å². The zero-order valence-electron chi connectivity index (χ0n) is 9.95. The second-order valence-electron chi connectivity index (χ2n) is 3.85. The zero-order chi connectivity index (χ0) is 11.3. The highest BCUT2D eigenvalue weighted by atomic mass is 32.1. The summed E-state index contributed by atoms with van der Waals surface area (Å²) in [6, 6.07) is 0.599. The maximum atomic E-state index is 4.13. The van der Waals surface area contributed by atoms with Crippen LogP contribution in [0.1, 0.15) is 32.4 Å². The fourth-order valence-corrected chi connectivity index (χ4v) is 2.06. The van der Waals surface area contributed by atoms with Crippen LogP contribution >= 0.6 is 11.5 Å². The molecule has 1 unspecified atom stereocenters. The van der Waals surface area contributed by atoms with Gasteiger partial charge in [0, 0.05) is 31.2 Å². The molecule has 0 bridgehead atoms. The van der Waals surface area contributed by atoms with Gasteiger partial charge in [-0.1, -0.05) is 17.8 Å². The van der Waals surface area contributed by atoms with Crippen LogP contribution < -0.4 is 5.32 Å². The van der Waals surface area contributed by atoms with E-state index in [4.69, 9.17) is 0 Å². The Bertz CT molecular complexity index is 287. The lowest BCUT2D eigenvalue weighted by molar-refractivity contribution is 0.234. The molecule has 86 valence electrons. The molecule has 0 amide bonds. The predicted molar refractivity (Wildman–Crippen MR) is 65.3 cm³/mol. The minimum atomic E-state index is 0.599. The van der Waals surface area contributed by atoms with Crippen molar-refractivity contribution in [1.29, 1.82) is 0 Å². The van der Waals surface area contributed by atoms with Crippen LogP contribution in [0.5, 0.6) is 0 Å². The highest BCUT2D eigenvalue weighted by molar-refractivity contribution is 7.10. The fourth-order valence-electron chi connectivity index (χ4n) is 1.53. The van der Waals surface area contributed by atoms with Crippen LogP contribution in [-0.4, -0.2) is 34.6 Å². The third-order valence-corrected chi connectivity index (χ3v) is 3.43. The van der Waals surface area contributed by atoms with Crippen LogP contribution in [0.25, 0.3) is 0 Å². The highest BCUT2D eigenvalue weighted by Gasteiger charge is 2.13. The average Bonchev–Trinajstić information content (AvgIpc) is 2.65. The van der Waals surface area contributed by atoms with Crippen molar-refractivity contribution >= 4 is 16.5 Å². The van der Waals surface area contributed by atoms with Crippen molar-refractivity contribution in [3.8, 4) is 0 Å². The Morgan fingerprint density at radius 1 is 1.53 bits per heavy atom. The standard InChI is InChI=1S/C10H20N4S/c1-5-6-8(2)14(4)7-9-10(11-3)15-13-12-9/h8,11H,5-7H2,1-4H3. The topological polar surface area (TPSA) is 41.1 Å². The molecule has 1 aromatic heterocycles. The summed E-state index contributed by atoms with van der Waals surface area (Å²) in [5, 5.41) is 8.33. The first-order chi connectivity index (χ1) is 7.19. The van der Waals surface area contributed by atoms with Gasteiger partial charge in [-0.2, -0.15) is 0 Å². The molecule has 0 spiro atoms. The van der Waals surface area contributed by atoms with Crippen molar-refractivity contribution in [2.75, 3.05) is 19.4 Å². The summed E-state index contributed by atoms with van der Waals surface area (Å²) >= 11 is 1.42. The molecule has 1 N–H and O–H groups in total. The first-order valence-corrected chi connectivity index (χ1v) is 6.15. The van der Waals surface area contributed by atoms with Gasteiger partial charge in [0.2, 0.25) is 0 Å². The van der Waals surface area contributed by atoms with Gasteiger partial charge in [-0.15, -0.1) is 5.10 Å². The van der Waals surface area contributed by atoms with Gasteiger partial charge in [0.05, 0.1) is 0 Å². The molecule has 4 nitrogen and oxygen atoms in total. The van der Waals surface area contributed by atoms with Gasteiger partial charge in [0.15, 0.2) is 0 Å². The normalized spacial score (nSPS) is 13.1. The van der Waals surface area contributed by atoms with Crippen LogP contribution in [0.2, 0.25) is 0 Å². The molecule has 0 aliphatic carbocycles. The summed E-state index contributed by atoms with van der Waals surface area (Å²) in [4.78, 5) is 2.32. The monoisotopic (exact) mass is 228 g/mol. The molecule has 15 heavy (non-hydrogen) atoms. The summed E-state index contributed by atoms with van der Waals surface area (Å²) in [5.41, 5.74) is 1.05. The first kappa shape index (κ1) is 12.4. The Labute approximate surface area is 95.8 Å². The summed E-state index contributed by atoms with van der Waals surface area (Å²) < 4.78 is 3.95. The van der Waals surface area contributed by atoms with Crippen molar-refractivity contribution in [3.63, 3.8) is 0 Å².